The molecule has 1 saturated heterocycles. The van der Waals surface area contributed by atoms with E-state index >= 15 is 0 Å². The second-order valence-electron chi connectivity index (χ2n) is 8.58. The lowest BCUT2D eigenvalue weighted by Gasteiger charge is -2.40. The molecule has 3 rings (SSSR count). The molecule has 0 aromatic carbocycles. The van der Waals surface area contributed by atoms with Crippen molar-refractivity contribution in [2.24, 2.45) is 5.92 Å². The van der Waals surface area contributed by atoms with Crippen LogP contribution in [0.1, 0.15) is 65.7 Å². The van der Waals surface area contributed by atoms with E-state index in [1.807, 2.05) is 20.8 Å². The molecule has 0 aromatic heterocycles. The van der Waals surface area contributed by atoms with E-state index in [-0.39, 0.29) is 12.1 Å². The zero-order valence-corrected chi connectivity index (χ0v) is 14.9. The predicted molar refractivity (Wildman–Crippen MR) is 91.5 cm³/mol. The van der Waals surface area contributed by atoms with Gasteiger partial charge in [0.25, 0.3) is 0 Å². The molecular weight excluding hydrogens is 290 g/mol. The lowest BCUT2D eigenvalue weighted by Crippen LogP contribution is -2.56. The van der Waals surface area contributed by atoms with Gasteiger partial charge in [-0.15, -0.1) is 0 Å². The molecule has 3 N–H and O–H groups in total. The van der Waals surface area contributed by atoms with Gasteiger partial charge < -0.3 is 20.7 Å². The van der Waals surface area contributed by atoms with Crippen LogP contribution in [0.3, 0.4) is 0 Å². The first-order chi connectivity index (χ1) is 10.9. The third-order valence-corrected chi connectivity index (χ3v) is 5.49. The van der Waals surface area contributed by atoms with Crippen LogP contribution in [0.15, 0.2) is 0 Å². The van der Waals surface area contributed by atoms with Crippen LogP contribution in [0, 0.1) is 5.92 Å². The van der Waals surface area contributed by atoms with Gasteiger partial charge >= 0.3 is 6.09 Å². The molecule has 0 aromatic rings. The van der Waals surface area contributed by atoms with Crippen LogP contribution < -0.4 is 16.0 Å². The Morgan fingerprint density at radius 3 is 2.52 bits per heavy atom. The van der Waals surface area contributed by atoms with Gasteiger partial charge in [-0.2, -0.15) is 0 Å². The summed E-state index contributed by atoms with van der Waals surface area (Å²) in [5.74, 6) is 0.801. The molecule has 5 heteroatoms. The second-order valence-corrected chi connectivity index (χ2v) is 8.58. The van der Waals surface area contributed by atoms with Gasteiger partial charge in [0.1, 0.15) is 5.60 Å². The molecule has 3 atom stereocenters. The van der Waals surface area contributed by atoms with Crippen LogP contribution >= 0.6 is 0 Å². The zero-order chi connectivity index (χ0) is 16.4. The number of carbonyl (C=O) groups excluding carboxylic acids is 1. The molecule has 2 aliphatic carbocycles. The number of carbonyl (C=O) groups is 1. The number of ether oxygens (including phenoxy) is 1. The molecule has 0 radical (unpaired) electrons. The molecule has 3 aliphatic rings. The van der Waals surface area contributed by atoms with Crippen molar-refractivity contribution in [3.63, 3.8) is 0 Å². The fourth-order valence-corrected chi connectivity index (χ4v) is 4.40. The highest BCUT2D eigenvalue weighted by atomic mass is 16.6. The van der Waals surface area contributed by atoms with E-state index in [1.165, 1.54) is 38.6 Å². The van der Waals surface area contributed by atoms with Crippen LogP contribution in [0.25, 0.3) is 0 Å². The Kier molecular flexibility index (Phi) is 5.16. The Morgan fingerprint density at radius 1 is 1.09 bits per heavy atom. The topological polar surface area (TPSA) is 62.4 Å². The standard InChI is InChI=1S/C18H33N3O2/c1-18(2,3)23-17(22)21-13-10-12(11-13)20-16-7-4-6-14(16)15-8-5-9-19-15/h12-16,19-20H,4-11H2,1-3H3,(H,21,22). The second kappa shape index (κ2) is 6.98. The number of nitrogens with one attached hydrogen (secondary N) is 3. The largest absolute Gasteiger partial charge is 0.444 e. The average Bonchev–Trinajstić information content (AvgIpc) is 3.03. The number of amides is 1. The van der Waals surface area contributed by atoms with E-state index in [2.05, 4.69) is 16.0 Å². The molecule has 2 saturated carbocycles. The molecule has 1 heterocycles. The predicted octanol–water partition coefficient (Wildman–Crippen LogP) is 2.55. The quantitative estimate of drug-likeness (QED) is 0.744. The maximum absolute atomic E-state index is 11.8. The molecule has 132 valence electrons. The molecular formula is C18H33N3O2. The van der Waals surface area contributed by atoms with Gasteiger partial charge in [-0.3, -0.25) is 0 Å². The van der Waals surface area contributed by atoms with Crippen LogP contribution in [-0.2, 0) is 4.74 Å². The minimum absolute atomic E-state index is 0.270. The van der Waals surface area contributed by atoms with Gasteiger partial charge in [-0.25, -0.2) is 4.79 Å². The maximum atomic E-state index is 11.8. The highest BCUT2D eigenvalue weighted by Crippen LogP contribution is 2.33. The normalized spacial score (nSPS) is 37.4. The van der Waals surface area contributed by atoms with E-state index in [9.17, 15) is 4.79 Å². The molecule has 3 unspecified atom stereocenters. The van der Waals surface area contributed by atoms with E-state index in [4.69, 9.17) is 4.74 Å². The number of rotatable bonds is 4. The van der Waals surface area contributed by atoms with E-state index < -0.39 is 5.60 Å². The number of alkyl carbamates (subject to hydrolysis) is 1. The van der Waals surface area contributed by atoms with Crippen molar-refractivity contribution < 1.29 is 9.53 Å². The Bertz CT molecular complexity index is 409. The summed E-state index contributed by atoms with van der Waals surface area (Å²) in [5, 5.41) is 10.5. The summed E-state index contributed by atoms with van der Waals surface area (Å²) in [5.41, 5.74) is -0.420. The first-order valence-corrected chi connectivity index (χ1v) is 9.40. The van der Waals surface area contributed by atoms with Crippen molar-refractivity contribution in [1.29, 1.82) is 0 Å². The number of hydrogen-bond acceptors (Lipinski definition) is 4. The van der Waals surface area contributed by atoms with E-state index in [1.54, 1.807) is 0 Å². The molecule has 23 heavy (non-hydrogen) atoms. The van der Waals surface area contributed by atoms with Crippen molar-refractivity contribution >= 4 is 6.09 Å². The Hall–Kier alpha value is -0.810. The minimum Gasteiger partial charge on any atom is -0.444 e. The monoisotopic (exact) mass is 323 g/mol. The van der Waals surface area contributed by atoms with Gasteiger partial charge in [-0.1, -0.05) is 6.42 Å². The zero-order valence-electron chi connectivity index (χ0n) is 14.9. The summed E-state index contributed by atoms with van der Waals surface area (Å²) in [7, 11) is 0. The lowest BCUT2D eigenvalue weighted by atomic mass is 9.84. The van der Waals surface area contributed by atoms with Crippen LogP contribution in [0.2, 0.25) is 0 Å². The third-order valence-electron chi connectivity index (χ3n) is 5.49. The summed E-state index contributed by atoms with van der Waals surface area (Å²) in [6, 6.07) is 2.22. The van der Waals surface area contributed by atoms with E-state index in [0.29, 0.717) is 12.1 Å². The summed E-state index contributed by atoms with van der Waals surface area (Å²) >= 11 is 0. The van der Waals surface area contributed by atoms with Crippen molar-refractivity contribution in [3.8, 4) is 0 Å². The van der Waals surface area contributed by atoms with Gasteiger partial charge in [-0.05, 0) is 71.8 Å². The van der Waals surface area contributed by atoms with Crippen molar-refractivity contribution in [2.45, 2.75) is 95.5 Å². The Labute approximate surface area is 140 Å². The maximum Gasteiger partial charge on any atom is 0.407 e. The average molecular weight is 323 g/mol. The first-order valence-electron chi connectivity index (χ1n) is 9.40. The van der Waals surface area contributed by atoms with Crippen LogP contribution in [0.5, 0.6) is 0 Å². The fraction of sp³-hybridized carbons (Fsp3) is 0.944. The smallest absolute Gasteiger partial charge is 0.407 e. The van der Waals surface area contributed by atoms with Gasteiger partial charge in [0.05, 0.1) is 0 Å². The highest BCUT2D eigenvalue weighted by molar-refractivity contribution is 5.68. The van der Waals surface area contributed by atoms with Crippen LogP contribution in [-0.4, -0.2) is 42.4 Å². The third kappa shape index (κ3) is 4.60. The van der Waals surface area contributed by atoms with Crippen molar-refractivity contribution in [3.05, 3.63) is 0 Å². The van der Waals surface area contributed by atoms with Crippen molar-refractivity contribution in [1.82, 2.24) is 16.0 Å². The Morgan fingerprint density at radius 2 is 1.87 bits per heavy atom. The molecule has 1 amide bonds. The molecule has 3 fully saturated rings. The molecule has 0 spiro atoms. The molecule has 1 aliphatic heterocycles. The van der Waals surface area contributed by atoms with Gasteiger partial charge in [0.2, 0.25) is 0 Å². The van der Waals surface area contributed by atoms with Gasteiger partial charge in [0.15, 0.2) is 0 Å². The van der Waals surface area contributed by atoms with Crippen LogP contribution in [0.4, 0.5) is 4.79 Å². The van der Waals surface area contributed by atoms with Gasteiger partial charge in [0, 0.05) is 24.2 Å². The SMILES string of the molecule is CC(C)(C)OC(=O)NC1CC(NC2CCCC2C2CCCN2)C1. The van der Waals surface area contributed by atoms with E-state index in [0.717, 1.165) is 24.8 Å². The summed E-state index contributed by atoms with van der Waals surface area (Å²) in [4.78, 5) is 11.8. The molecule has 5 nitrogen and oxygen atoms in total. The Balaban J connectivity index is 1.37. The summed E-state index contributed by atoms with van der Waals surface area (Å²) < 4.78 is 5.32. The fourth-order valence-electron chi connectivity index (χ4n) is 4.40. The highest BCUT2D eigenvalue weighted by Gasteiger charge is 2.39. The summed E-state index contributed by atoms with van der Waals surface area (Å²) in [6.07, 6.45) is 8.48. The summed E-state index contributed by atoms with van der Waals surface area (Å²) in [6.45, 7) is 6.89. The first kappa shape index (κ1) is 17.0. The minimum atomic E-state index is -0.420. The van der Waals surface area contributed by atoms with Crippen molar-refractivity contribution in [2.75, 3.05) is 6.54 Å². The molecule has 0 bridgehead atoms. The lowest BCUT2D eigenvalue weighted by molar-refractivity contribution is 0.0461. The number of hydrogen-bond donors (Lipinski definition) is 3.